The largest absolute Gasteiger partial charge is 0.462 e. The normalized spacial score (nSPS) is 15.8. The first-order chi connectivity index (χ1) is 9.63. The molecule has 0 radical (unpaired) electrons. The minimum absolute atomic E-state index is 0.287. The zero-order valence-electron chi connectivity index (χ0n) is 12.2. The first-order valence-corrected chi connectivity index (χ1v) is 6.86. The molecule has 1 aromatic heterocycles. The lowest BCUT2D eigenvalue weighted by Crippen LogP contribution is -2.32. The Morgan fingerprint density at radius 3 is 2.80 bits per heavy atom. The summed E-state index contributed by atoms with van der Waals surface area (Å²) < 4.78 is 10.3. The Bertz CT molecular complexity index is 502. The van der Waals surface area contributed by atoms with E-state index in [9.17, 15) is 4.79 Å². The molecule has 0 spiro atoms. The Morgan fingerprint density at radius 2 is 2.15 bits per heavy atom. The number of aryl methyl sites for hydroxylation is 1. The van der Waals surface area contributed by atoms with Crippen LogP contribution in [0.25, 0.3) is 0 Å². The number of carbonyl (C=O) groups is 1. The van der Waals surface area contributed by atoms with Crippen molar-refractivity contribution in [3.63, 3.8) is 0 Å². The van der Waals surface area contributed by atoms with Gasteiger partial charge in [0.2, 0.25) is 0 Å². The molecule has 110 valence electrons. The molecule has 1 aliphatic heterocycles. The summed E-state index contributed by atoms with van der Waals surface area (Å²) in [5, 5.41) is 6.38. The predicted molar refractivity (Wildman–Crippen MR) is 76.2 cm³/mol. The topological polar surface area (TPSA) is 66.9 Å². The fraction of sp³-hybridized carbons (Fsp3) is 0.571. The van der Waals surface area contributed by atoms with Crippen molar-refractivity contribution in [3.8, 4) is 0 Å². The van der Waals surface area contributed by atoms with E-state index in [1.807, 2.05) is 18.9 Å². The number of hydrogen-bond donors (Lipinski definition) is 1. The van der Waals surface area contributed by atoms with E-state index in [0.717, 1.165) is 30.0 Å². The SMILES string of the molecule is CCOC(=O)c1c(C)[nH]c(/C=N/N2CCOCC2)c1C. The van der Waals surface area contributed by atoms with Crippen LogP contribution in [0.4, 0.5) is 0 Å². The van der Waals surface area contributed by atoms with Crippen LogP contribution in [0, 0.1) is 13.8 Å². The Morgan fingerprint density at radius 1 is 1.45 bits per heavy atom. The summed E-state index contributed by atoms with van der Waals surface area (Å²) in [5.74, 6) is -0.287. The first-order valence-electron chi connectivity index (χ1n) is 6.86. The standard InChI is InChI=1S/C14H21N3O3/c1-4-20-14(18)13-10(2)12(16-11(13)3)9-15-17-5-7-19-8-6-17/h9,16H,4-8H2,1-3H3/b15-9+. The third kappa shape index (κ3) is 3.19. The molecule has 2 heterocycles. The molecule has 0 aromatic carbocycles. The molecule has 0 unspecified atom stereocenters. The van der Waals surface area contributed by atoms with Crippen molar-refractivity contribution in [1.29, 1.82) is 0 Å². The number of nitrogens with zero attached hydrogens (tertiary/aromatic N) is 2. The predicted octanol–water partition coefficient (Wildman–Crippen LogP) is 1.47. The number of carbonyl (C=O) groups excluding carboxylic acids is 1. The van der Waals surface area contributed by atoms with Gasteiger partial charge in [0.25, 0.3) is 0 Å². The quantitative estimate of drug-likeness (QED) is 0.669. The van der Waals surface area contributed by atoms with E-state index in [-0.39, 0.29) is 5.97 Å². The van der Waals surface area contributed by atoms with Crippen LogP contribution in [0.1, 0.15) is 34.2 Å². The maximum Gasteiger partial charge on any atom is 0.340 e. The zero-order valence-corrected chi connectivity index (χ0v) is 12.2. The number of H-pyrrole nitrogens is 1. The summed E-state index contributed by atoms with van der Waals surface area (Å²) in [4.78, 5) is 15.1. The van der Waals surface area contributed by atoms with Crippen LogP contribution < -0.4 is 0 Å². The molecular weight excluding hydrogens is 258 g/mol. The molecule has 2 rings (SSSR count). The average molecular weight is 279 g/mol. The lowest BCUT2D eigenvalue weighted by molar-refractivity contribution is 0.0396. The molecule has 1 aliphatic rings. The van der Waals surface area contributed by atoms with Crippen molar-refractivity contribution < 1.29 is 14.3 Å². The molecule has 20 heavy (non-hydrogen) atoms. The third-order valence-electron chi connectivity index (χ3n) is 3.29. The molecule has 0 bridgehead atoms. The van der Waals surface area contributed by atoms with Gasteiger partial charge in [-0.05, 0) is 26.3 Å². The summed E-state index contributed by atoms with van der Waals surface area (Å²) in [7, 11) is 0. The number of aromatic nitrogens is 1. The highest BCUT2D eigenvalue weighted by Crippen LogP contribution is 2.18. The van der Waals surface area contributed by atoms with E-state index in [1.54, 1.807) is 13.1 Å². The molecule has 1 N–H and O–H groups in total. The lowest BCUT2D eigenvalue weighted by Gasteiger charge is -2.23. The minimum Gasteiger partial charge on any atom is -0.462 e. The molecule has 0 atom stereocenters. The van der Waals surface area contributed by atoms with Crippen LogP contribution in [0.3, 0.4) is 0 Å². The number of morpholine rings is 1. The van der Waals surface area contributed by atoms with Crippen LogP contribution in [-0.4, -0.2) is 55.1 Å². The number of ether oxygens (including phenoxy) is 2. The molecule has 1 fully saturated rings. The van der Waals surface area contributed by atoms with Gasteiger partial charge in [-0.2, -0.15) is 5.10 Å². The summed E-state index contributed by atoms with van der Waals surface area (Å²) in [5.41, 5.74) is 3.13. The highest BCUT2D eigenvalue weighted by molar-refractivity contribution is 5.96. The Balaban J connectivity index is 2.14. The maximum absolute atomic E-state index is 11.9. The van der Waals surface area contributed by atoms with Crippen molar-refractivity contribution in [2.45, 2.75) is 20.8 Å². The molecular formula is C14H21N3O3. The molecule has 0 amide bonds. The van der Waals surface area contributed by atoms with Gasteiger partial charge in [0.15, 0.2) is 0 Å². The highest BCUT2D eigenvalue weighted by atomic mass is 16.5. The van der Waals surface area contributed by atoms with Crippen LogP contribution >= 0.6 is 0 Å². The van der Waals surface area contributed by atoms with E-state index in [0.29, 0.717) is 25.4 Å². The van der Waals surface area contributed by atoms with Gasteiger partial charge >= 0.3 is 5.97 Å². The third-order valence-corrected chi connectivity index (χ3v) is 3.29. The Kier molecular flexibility index (Phi) is 4.79. The van der Waals surface area contributed by atoms with E-state index < -0.39 is 0 Å². The number of nitrogens with one attached hydrogen (secondary N) is 1. The van der Waals surface area contributed by atoms with E-state index >= 15 is 0 Å². The van der Waals surface area contributed by atoms with Crippen molar-refractivity contribution in [2.24, 2.45) is 5.10 Å². The van der Waals surface area contributed by atoms with Crippen molar-refractivity contribution >= 4 is 12.2 Å². The minimum atomic E-state index is -0.287. The van der Waals surface area contributed by atoms with Gasteiger partial charge in [0.1, 0.15) is 0 Å². The molecule has 0 saturated carbocycles. The summed E-state index contributed by atoms with van der Waals surface area (Å²) >= 11 is 0. The monoisotopic (exact) mass is 279 g/mol. The molecule has 1 aromatic rings. The number of hydrazone groups is 1. The lowest BCUT2D eigenvalue weighted by atomic mass is 10.1. The Labute approximate surface area is 118 Å². The van der Waals surface area contributed by atoms with E-state index in [1.165, 1.54) is 0 Å². The molecule has 1 saturated heterocycles. The smallest absolute Gasteiger partial charge is 0.340 e. The van der Waals surface area contributed by atoms with Gasteiger partial charge in [-0.15, -0.1) is 0 Å². The average Bonchev–Trinajstić information content (AvgIpc) is 2.72. The first kappa shape index (κ1) is 14.6. The number of rotatable bonds is 4. The Hall–Kier alpha value is -1.82. The molecule has 6 heteroatoms. The van der Waals surface area contributed by atoms with Gasteiger partial charge in [0, 0.05) is 5.69 Å². The van der Waals surface area contributed by atoms with Crippen molar-refractivity contribution in [3.05, 3.63) is 22.5 Å². The summed E-state index contributed by atoms with van der Waals surface area (Å²) in [6, 6.07) is 0. The van der Waals surface area contributed by atoms with Gasteiger partial charge < -0.3 is 14.5 Å². The molecule has 0 aliphatic carbocycles. The van der Waals surface area contributed by atoms with E-state index in [2.05, 4.69) is 10.1 Å². The van der Waals surface area contributed by atoms with E-state index in [4.69, 9.17) is 9.47 Å². The van der Waals surface area contributed by atoms with Crippen LogP contribution in [0.2, 0.25) is 0 Å². The highest BCUT2D eigenvalue weighted by Gasteiger charge is 2.18. The van der Waals surface area contributed by atoms with Gasteiger partial charge in [-0.25, -0.2) is 4.79 Å². The second kappa shape index (κ2) is 6.56. The fourth-order valence-electron chi connectivity index (χ4n) is 2.22. The fourth-order valence-corrected chi connectivity index (χ4v) is 2.22. The zero-order chi connectivity index (χ0) is 14.5. The summed E-state index contributed by atoms with van der Waals surface area (Å²) in [6.07, 6.45) is 1.76. The second-order valence-corrected chi connectivity index (χ2v) is 4.69. The number of aromatic amines is 1. The van der Waals surface area contributed by atoms with Crippen molar-refractivity contribution in [2.75, 3.05) is 32.9 Å². The maximum atomic E-state index is 11.9. The van der Waals surface area contributed by atoms with Crippen LogP contribution in [0.15, 0.2) is 5.10 Å². The van der Waals surface area contributed by atoms with Gasteiger partial charge in [-0.3, -0.25) is 5.01 Å². The number of esters is 1. The number of hydrogen-bond acceptors (Lipinski definition) is 5. The van der Waals surface area contributed by atoms with Crippen molar-refractivity contribution in [1.82, 2.24) is 9.99 Å². The molecule has 6 nitrogen and oxygen atoms in total. The van der Waals surface area contributed by atoms with Crippen LogP contribution in [0.5, 0.6) is 0 Å². The summed E-state index contributed by atoms with van der Waals surface area (Å²) in [6.45, 7) is 8.93. The second-order valence-electron chi connectivity index (χ2n) is 4.69. The van der Waals surface area contributed by atoms with Crippen LogP contribution in [-0.2, 0) is 9.47 Å². The van der Waals surface area contributed by atoms with Gasteiger partial charge in [-0.1, -0.05) is 0 Å². The van der Waals surface area contributed by atoms with Gasteiger partial charge in [0.05, 0.1) is 50.4 Å².